The number of aliphatic hydroxyl groups is 1. The summed E-state index contributed by atoms with van der Waals surface area (Å²) < 4.78 is 0. The third-order valence-corrected chi connectivity index (χ3v) is 3.26. The van der Waals surface area contributed by atoms with Crippen molar-refractivity contribution < 1.29 is 9.90 Å². The van der Waals surface area contributed by atoms with E-state index in [1.54, 1.807) is 0 Å². The Labute approximate surface area is 93.1 Å². The molecule has 16 heavy (non-hydrogen) atoms. The zero-order valence-corrected chi connectivity index (χ0v) is 8.92. The SMILES string of the molecule is O=C1CCCc2c1[nH]c1ccc(CO)cc21. The van der Waals surface area contributed by atoms with Crippen LogP contribution in [0, 0.1) is 0 Å². The van der Waals surface area contributed by atoms with Gasteiger partial charge in [-0.15, -0.1) is 0 Å². The molecule has 0 saturated carbocycles. The van der Waals surface area contributed by atoms with Gasteiger partial charge in [0.15, 0.2) is 5.78 Å². The number of hydrogen-bond donors (Lipinski definition) is 2. The van der Waals surface area contributed by atoms with Crippen LogP contribution in [0.1, 0.15) is 34.5 Å². The minimum absolute atomic E-state index is 0.0455. The number of fused-ring (bicyclic) bond motifs is 3. The van der Waals surface area contributed by atoms with Crippen molar-refractivity contribution >= 4 is 16.7 Å². The summed E-state index contributed by atoms with van der Waals surface area (Å²) in [4.78, 5) is 14.9. The highest BCUT2D eigenvalue weighted by atomic mass is 16.3. The van der Waals surface area contributed by atoms with Crippen molar-refractivity contribution in [1.29, 1.82) is 0 Å². The van der Waals surface area contributed by atoms with E-state index in [2.05, 4.69) is 4.98 Å². The molecule has 3 heteroatoms. The van der Waals surface area contributed by atoms with Crippen LogP contribution < -0.4 is 0 Å². The van der Waals surface area contributed by atoms with Gasteiger partial charge in [-0.1, -0.05) is 6.07 Å². The standard InChI is InChI=1S/C13H13NO2/c15-7-8-4-5-11-10(6-8)9-2-1-3-12(16)13(9)14-11/h4-6,14-15H,1-3,7H2. The molecule has 1 heterocycles. The maximum atomic E-state index is 11.7. The highest BCUT2D eigenvalue weighted by molar-refractivity contribution is 6.03. The fourth-order valence-corrected chi connectivity index (χ4v) is 2.44. The minimum atomic E-state index is 0.0455. The molecule has 0 spiro atoms. The van der Waals surface area contributed by atoms with Crippen molar-refractivity contribution in [3.63, 3.8) is 0 Å². The van der Waals surface area contributed by atoms with Crippen LogP contribution in [-0.2, 0) is 13.0 Å². The molecule has 0 aliphatic heterocycles. The molecule has 1 aromatic carbocycles. The topological polar surface area (TPSA) is 53.1 Å². The van der Waals surface area contributed by atoms with E-state index in [0.29, 0.717) is 6.42 Å². The van der Waals surface area contributed by atoms with Gasteiger partial charge in [-0.2, -0.15) is 0 Å². The fraction of sp³-hybridized carbons (Fsp3) is 0.308. The average molecular weight is 215 g/mol. The van der Waals surface area contributed by atoms with Crippen LogP contribution in [0.2, 0.25) is 0 Å². The van der Waals surface area contributed by atoms with E-state index in [9.17, 15) is 4.79 Å². The number of hydrogen-bond acceptors (Lipinski definition) is 2. The number of benzene rings is 1. The predicted molar refractivity (Wildman–Crippen MR) is 61.5 cm³/mol. The smallest absolute Gasteiger partial charge is 0.179 e. The highest BCUT2D eigenvalue weighted by Crippen LogP contribution is 2.29. The molecular formula is C13H13NO2. The number of rotatable bonds is 1. The monoisotopic (exact) mass is 215 g/mol. The number of aryl methyl sites for hydroxylation is 1. The Morgan fingerprint density at radius 1 is 1.31 bits per heavy atom. The normalized spacial score (nSPS) is 15.4. The van der Waals surface area contributed by atoms with E-state index in [4.69, 9.17) is 5.11 Å². The Morgan fingerprint density at radius 3 is 3.00 bits per heavy atom. The Balaban J connectivity index is 2.29. The van der Waals surface area contributed by atoms with Gasteiger partial charge in [-0.3, -0.25) is 4.79 Å². The van der Waals surface area contributed by atoms with Crippen LogP contribution >= 0.6 is 0 Å². The molecule has 0 bridgehead atoms. The van der Waals surface area contributed by atoms with Crippen molar-refractivity contribution in [1.82, 2.24) is 4.98 Å². The molecule has 3 rings (SSSR count). The zero-order valence-electron chi connectivity index (χ0n) is 8.92. The zero-order chi connectivity index (χ0) is 11.1. The molecule has 0 amide bonds. The number of carbonyl (C=O) groups excluding carboxylic acids is 1. The Morgan fingerprint density at radius 2 is 2.19 bits per heavy atom. The minimum Gasteiger partial charge on any atom is -0.392 e. The van der Waals surface area contributed by atoms with Crippen molar-refractivity contribution in [3.05, 3.63) is 35.0 Å². The molecule has 1 aliphatic rings. The number of Topliss-reactive ketones (excluding diaryl/α,β-unsaturated/α-hetero) is 1. The first-order valence-corrected chi connectivity index (χ1v) is 5.57. The molecule has 82 valence electrons. The van der Waals surface area contributed by atoms with Crippen LogP contribution in [0.3, 0.4) is 0 Å². The summed E-state index contributed by atoms with van der Waals surface area (Å²) in [6, 6.07) is 5.80. The summed E-state index contributed by atoms with van der Waals surface area (Å²) >= 11 is 0. The molecule has 1 aromatic heterocycles. The van der Waals surface area contributed by atoms with E-state index in [1.807, 2.05) is 18.2 Å². The maximum absolute atomic E-state index is 11.7. The van der Waals surface area contributed by atoms with Crippen molar-refractivity contribution in [2.75, 3.05) is 0 Å². The number of aromatic amines is 1. The molecule has 1 aliphatic carbocycles. The number of nitrogens with one attached hydrogen (secondary N) is 1. The van der Waals surface area contributed by atoms with Gasteiger partial charge >= 0.3 is 0 Å². The van der Waals surface area contributed by atoms with Gasteiger partial charge in [0, 0.05) is 17.3 Å². The van der Waals surface area contributed by atoms with Crippen molar-refractivity contribution in [3.8, 4) is 0 Å². The Hall–Kier alpha value is -1.61. The molecule has 0 saturated heterocycles. The van der Waals surface area contributed by atoms with Gasteiger partial charge in [0.2, 0.25) is 0 Å². The Kier molecular flexibility index (Phi) is 2.07. The molecule has 2 N–H and O–H groups in total. The van der Waals surface area contributed by atoms with E-state index in [-0.39, 0.29) is 12.4 Å². The van der Waals surface area contributed by atoms with E-state index < -0.39 is 0 Å². The lowest BCUT2D eigenvalue weighted by Gasteiger charge is -2.09. The Bertz CT molecular complexity index is 569. The van der Waals surface area contributed by atoms with Crippen LogP contribution in [0.5, 0.6) is 0 Å². The lowest BCUT2D eigenvalue weighted by Crippen LogP contribution is -2.09. The van der Waals surface area contributed by atoms with Gasteiger partial charge in [0.25, 0.3) is 0 Å². The summed E-state index contributed by atoms with van der Waals surface area (Å²) in [5.41, 5.74) is 3.79. The quantitative estimate of drug-likeness (QED) is 0.766. The number of aromatic nitrogens is 1. The lowest BCUT2D eigenvalue weighted by molar-refractivity contribution is 0.0968. The van der Waals surface area contributed by atoms with Crippen LogP contribution in [0.25, 0.3) is 10.9 Å². The van der Waals surface area contributed by atoms with Gasteiger partial charge in [0.1, 0.15) is 0 Å². The van der Waals surface area contributed by atoms with Crippen molar-refractivity contribution in [2.24, 2.45) is 0 Å². The summed E-state index contributed by atoms with van der Waals surface area (Å²) in [5.74, 6) is 0.211. The highest BCUT2D eigenvalue weighted by Gasteiger charge is 2.21. The van der Waals surface area contributed by atoms with E-state index >= 15 is 0 Å². The maximum Gasteiger partial charge on any atom is 0.179 e. The first-order chi connectivity index (χ1) is 7.79. The molecule has 0 atom stereocenters. The second-order valence-corrected chi connectivity index (χ2v) is 4.29. The molecule has 2 aromatic rings. The van der Waals surface area contributed by atoms with Gasteiger partial charge < -0.3 is 10.1 Å². The molecule has 0 radical (unpaired) electrons. The predicted octanol–water partition coefficient (Wildman–Crippen LogP) is 2.18. The number of ketones is 1. The van der Waals surface area contributed by atoms with Gasteiger partial charge in [-0.05, 0) is 36.1 Å². The van der Waals surface area contributed by atoms with E-state index in [1.165, 1.54) is 0 Å². The number of H-pyrrole nitrogens is 1. The largest absolute Gasteiger partial charge is 0.392 e. The summed E-state index contributed by atoms with van der Waals surface area (Å²) in [5, 5.41) is 10.2. The molecule has 0 fully saturated rings. The third kappa shape index (κ3) is 1.28. The second kappa shape index (κ2) is 3.46. The number of carbonyl (C=O) groups is 1. The summed E-state index contributed by atoms with van der Waals surface area (Å²) in [6.07, 6.45) is 2.53. The first kappa shape index (κ1) is 9.60. The summed E-state index contributed by atoms with van der Waals surface area (Å²) in [6.45, 7) is 0.0455. The third-order valence-electron chi connectivity index (χ3n) is 3.26. The number of aliphatic hydroxyl groups excluding tert-OH is 1. The van der Waals surface area contributed by atoms with Gasteiger partial charge in [0.05, 0.1) is 12.3 Å². The lowest BCUT2D eigenvalue weighted by atomic mass is 9.94. The molecule has 0 unspecified atom stereocenters. The van der Waals surface area contributed by atoms with E-state index in [0.717, 1.165) is 40.6 Å². The average Bonchev–Trinajstić information content (AvgIpc) is 2.68. The van der Waals surface area contributed by atoms with Crippen molar-refractivity contribution in [2.45, 2.75) is 25.9 Å². The van der Waals surface area contributed by atoms with Gasteiger partial charge in [-0.25, -0.2) is 0 Å². The van der Waals surface area contributed by atoms with Crippen LogP contribution in [-0.4, -0.2) is 15.9 Å². The first-order valence-electron chi connectivity index (χ1n) is 5.57. The molecule has 3 nitrogen and oxygen atoms in total. The molecular weight excluding hydrogens is 202 g/mol. The van der Waals surface area contributed by atoms with Crippen LogP contribution in [0.15, 0.2) is 18.2 Å². The summed E-state index contributed by atoms with van der Waals surface area (Å²) in [7, 11) is 0. The second-order valence-electron chi connectivity index (χ2n) is 4.29. The van der Waals surface area contributed by atoms with Crippen LogP contribution in [0.4, 0.5) is 0 Å². The fourth-order valence-electron chi connectivity index (χ4n) is 2.44.